The molecule has 1 saturated heterocycles. The second-order valence-electron chi connectivity index (χ2n) is 5.83. The zero-order valence-electron chi connectivity index (χ0n) is 12.4. The summed E-state index contributed by atoms with van der Waals surface area (Å²) in [6, 6.07) is 6.92. The average Bonchev–Trinajstić information content (AvgIpc) is 2.81. The van der Waals surface area contributed by atoms with Gasteiger partial charge in [0.1, 0.15) is 5.75 Å². The first kappa shape index (κ1) is 14.4. The monoisotopic (exact) mass is 262 g/mol. The van der Waals surface area contributed by atoms with Gasteiger partial charge in [0.05, 0.1) is 7.11 Å². The number of ether oxygens (including phenoxy) is 1. The van der Waals surface area contributed by atoms with E-state index in [2.05, 4.69) is 36.9 Å². The van der Waals surface area contributed by atoms with Crippen LogP contribution in [0.25, 0.3) is 0 Å². The zero-order valence-corrected chi connectivity index (χ0v) is 12.4. The van der Waals surface area contributed by atoms with Crippen LogP contribution in [0.15, 0.2) is 18.2 Å². The first-order valence-corrected chi connectivity index (χ1v) is 7.25. The zero-order chi connectivity index (χ0) is 13.8. The molecule has 1 fully saturated rings. The highest BCUT2D eigenvalue weighted by molar-refractivity contribution is 5.38. The summed E-state index contributed by atoms with van der Waals surface area (Å²) in [6.45, 7) is 7.70. The normalized spacial score (nSPS) is 20.2. The van der Waals surface area contributed by atoms with Crippen LogP contribution in [0.3, 0.4) is 0 Å². The maximum absolute atomic E-state index is 5.95. The van der Waals surface area contributed by atoms with Crippen molar-refractivity contribution < 1.29 is 4.74 Å². The molecule has 3 nitrogen and oxygen atoms in total. The molecule has 2 N–H and O–H groups in total. The van der Waals surface area contributed by atoms with Gasteiger partial charge in [0.15, 0.2) is 0 Å². The lowest BCUT2D eigenvalue weighted by atomic mass is 9.99. The molecule has 0 aromatic heterocycles. The minimum atomic E-state index is 0.365. The SMILES string of the molecule is COc1ccc(C(C)C)cc1CCN1CCC(N)C1. The summed E-state index contributed by atoms with van der Waals surface area (Å²) in [5.41, 5.74) is 8.64. The Morgan fingerprint density at radius 1 is 1.42 bits per heavy atom. The molecule has 0 amide bonds. The highest BCUT2D eigenvalue weighted by atomic mass is 16.5. The summed E-state index contributed by atoms with van der Waals surface area (Å²) in [4.78, 5) is 2.45. The molecule has 19 heavy (non-hydrogen) atoms. The van der Waals surface area contributed by atoms with E-state index >= 15 is 0 Å². The number of likely N-dealkylation sites (tertiary alicyclic amines) is 1. The van der Waals surface area contributed by atoms with Crippen molar-refractivity contribution in [3.05, 3.63) is 29.3 Å². The first-order chi connectivity index (χ1) is 9.10. The molecule has 1 atom stereocenters. The highest BCUT2D eigenvalue weighted by Gasteiger charge is 2.19. The van der Waals surface area contributed by atoms with Gasteiger partial charge in [0, 0.05) is 19.1 Å². The van der Waals surface area contributed by atoms with E-state index in [0.29, 0.717) is 12.0 Å². The van der Waals surface area contributed by atoms with Gasteiger partial charge < -0.3 is 15.4 Å². The summed E-state index contributed by atoms with van der Waals surface area (Å²) in [6.07, 6.45) is 2.17. The van der Waals surface area contributed by atoms with E-state index in [0.717, 1.165) is 38.2 Å². The largest absolute Gasteiger partial charge is 0.496 e. The van der Waals surface area contributed by atoms with Crippen molar-refractivity contribution >= 4 is 0 Å². The van der Waals surface area contributed by atoms with Crippen LogP contribution < -0.4 is 10.5 Å². The maximum atomic E-state index is 5.95. The Bertz CT molecular complexity index is 417. The third-order valence-corrected chi connectivity index (χ3v) is 3.98. The Hall–Kier alpha value is -1.06. The number of nitrogens with zero attached hydrogens (tertiary/aromatic N) is 1. The fourth-order valence-electron chi connectivity index (χ4n) is 2.70. The Balaban J connectivity index is 2.03. The van der Waals surface area contributed by atoms with Crippen LogP contribution >= 0.6 is 0 Å². The first-order valence-electron chi connectivity index (χ1n) is 7.25. The predicted molar refractivity (Wildman–Crippen MR) is 79.8 cm³/mol. The van der Waals surface area contributed by atoms with Crippen LogP contribution in [0, 0.1) is 0 Å². The van der Waals surface area contributed by atoms with E-state index in [1.807, 2.05) is 0 Å². The van der Waals surface area contributed by atoms with Gasteiger partial charge >= 0.3 is 0 Å². The topological polar surface area (TPSA) is 38.5 Å². The molecule has 0 saturated carbocycles. The van der Waals surface area contributed by atoms with Crippen LogP contribution in [-0.4, -0.2) is 37.7 Å². The predicted octanol–water partition coefficient (Wildman–Crippen LogP) is 2.39. The molecule has 106 valence electrons. The minimum absolute atomic E-state index is 0.365. The van der Waals surface area contributed by atoms with Crippen molar-refractivity contribution in [2.24, 2.45) is 5.73 Å². The Morgan fingerprint density at radius 2 is 2.21 bits per heavy atom. The molecule has 2 rings (SSSR count). The quantitative estimate of drug-likeness (QED) is 0.885. The highest BCUT2D eigenvalue weighted by Crippen LogP contribution is 2.25. The Labute approximate surface area is 116 Å². The number of hydrogen-bond donors (Lipinski definition) is 1. The van der Waals surface area contributed by atoms with Crippen LogP contribution in [0.1, 0.15) is 37.3 Å². The van der Waals surface area contributed by atoms with E-state index < -0.39 is 0 Å². The molecule has 0 radical (unpaired) electrons. The summed E-state index contributed by atoms with van der Waals surface area (Å²) < 4.78 is 5.47. The van der Waals surface area contributed by atoms with Crippen LogP contribution in [-0.2, 0) is 6.42 Å². The van der Waals surface area contributed by atoms with Gasteiger partial charge in [0.2, 0.25) is 0 Å². The summed E-state index contributed by atoms with van der Waals surface area (Å²) >= 11 is 0. The van der Waals surface area contributed by atoms with Crippen LogP contribution in [0.4, 0.5) is 0 Å². The molecule has 0 spiro atoms. The maximum Gasteiger partial charge on any atom is 0.122 e. The standard InChI is InChI=1S/C16H26N2O/c1-12(2)13-4-5-16(19-3)14(10-13)6-8-18-9-7-15(17)11-18/h4-5,10,12,15H,6-9,11,17H2,1-3H3. The fourth-order valence-corrected chi connectivity index (χ4v) is 2.70. The van der Waals surface area contributed by atoms with Crippen LogP contribution in [0.5, 0.6) is 5.75 Å². The van der Waals surface area contributed by atoms with E-state index in [1.165, 1.54) is 11.1 Å². The molecule has 1 aromatic rings. The Kier molecular flexibility index (Phi) is 4.83. The average molecular weight is 262 g/mol. The van der Waals surface area contributed by atoms with Crippen molar-refractivity contribution in [3.8, 4) is 5.75 Å². The van der Waals surface area contributed by atoms with Crippen molar-refractivity contribution in [2.45, 2.75) is 38.6 Å². The molecule has 0 aliphatic carbocycles. The third kappa shape index (κ3) is 3.71. The van der Waals surface area contributed by atoms with Gasteiger partial charge in [-0.15, -0.1) is 0 Å². The van der Waals surface area contributed by atoms with Crippen LogP contribution in [0.2, 0.25) is 0 Å². The summed E-state index contributed by atoms with van der Waals surface area (Å²) in [7, 11) is 1.75. The molecule has 1 aromatic carbocycles. The van der Waals surface area contributed by atoms with Crippen molar-refractivity contribution in [1.82, 2.24) is 4.90 Å². The van der Waals surface area contributed by atoms with Gasteiger partial charge in [-0.2, -0.15) is 0 Å². The molecular formula is C16H26N2O. The van der Waals surface area contributed by atoms with Gasteiger partial charge in [-0.05, 0) is 42.5 Å². The number of rotatable bonds is 5. The lowest BCUT2D eigenvalue weighted by Gasteiger charge is -2.17. The second kappa shape index (κ2) is 6.40. The molecular weight excluding hydrogens is 236 g/mol. The van der Waals surface area contributed by atoms with Gasteiger partial charge in [-0.1, -0.05) is 26.0 Å². The Morgan fingerprint density at radius 3 is 2.79 bits per heavy atom. The van der Waals surface area contributed by atoms with Gasteiger partial charge in [0.25, 0.3) is 0 Å². The second-order valence-corrected chi connectivity index (χ2v) is 5.83. The van der Waals surface area contributed by atoms with Gasteiger partial charge in [-0.25, -0.2) is 0 Å². The van der Waals surface area contributed by atoms with E-state index in [4.69, 9.17) is 10.5 Å². The molecule has 1 aliphatic heterocycles. The van der Waals surface area contributed by atoms with Crippen molar-refractivity contribution in [3.63, 3.8) is 0 Å². The van der Waals surface area contributed by atoms with E-state index in [-0.39, 0.29) is 0 Å². The summed E-state index contributed by atoms with van der Waals surface area (Å²) in [5.74, 6) is 1.57. The number of hydrogen-bond acceptors (Lipinski definition) is 3. The smallest absolute Gasteiger partial charge is 0.122 e. The lowest BCUT2D eigenvalue weighted by Crippen LogP contribution is -2.28. The van der Waals surface area contributed by atoms with E-state index in [9.17, 15) is 0 Å². The minimum Gasteiger partial charge on any atom is -0.496 e. The van der Waals surface area contributed by atoms with Crippen molar-refractivity contribution in [2.75, 3.05) is 26.7 Å². The molecule has 3 heteroatoms. The molecule has 1 heterocycles. The molecule has 0 bridgehead atoms. The van der Waals surface area contributed by atoms with Gasteiger partial charge in [-0.3, -0.25) is 0 Å². The number of nitrogens with two attached hydrogens (primary N) is 1. The van der Waals surface area contributed by atoms with E-state index in [1.54, 1.807) is 7.11 Å². The number of methoxy groups -OCH3 is 1. The fraction of sp³-hybridized carbons (Fsp3) is 0.625. The third-order valence-electron chi connectivity index (χ3n) is 3.98. The molecule has 1 aliphatic rings. The lowest BCUT2D eigenvalue weighted by molar-refractivity contribution is 0.335. The number of benzene rings is 1. The molecule has 1 unspecified atom stereocenters. The van der Waals surface area contributed by atoms with Crippen molar-refractivity contribution in [1.29, 1.82) is 0 Å². The summed E-state index contributed by atoms with van der Waals surface area (Å²) in [5, 5.41) is 0.